The predicted octanol–water partition coefficient (Wildman–Crippen LogP) is -0.609. The molecule has 1 rings (SSSR count). The topological polar surface area (TPSA) is 66.4 Å². The summed E-state index contributed by atoms with van der Waals surface area (Å²) in [5, 5.41) is 11.1. The molecule has 1 saturated heterocycles. The average molecular weight is 143 g/mol. The van der Waals surface area contributed by atoms with E-state index in [2.05, 4.69) is 5.32 Å². The summed E-state index contributed by atoms with van der Waals surface area (Å²) in [4.78, 5) is 20.4. The molecule has 4 nitrogen and oxygen atoms in total. The van der Waals surface area contributed by atoms with Gasteiger partial charge in [-0.3, -0.25) is 10.1 Å². The highest BCUT2D eigenvalue weighted by Crippen LogP contribution is 2.10. The number of hydrogen-bond donors (Lipinski definition) is 2. The van der Waals surface area contributed by atoms with E-state index in [1.165, 1.54) is 0 Å². The van der Waals surface area contributed by atoms with Crippen LogP contribution in [0.2, 0.25) is 0 Å². The second-order valence-electron chi connectivity index (χ2n) is 2.38. The molecule has 1 aliphatic heterocycles. The number of rotatable bonds is 2. The van der Waals surface area contributed by atoms with Crippen molar-refractivity contribution >= 4 is 12.3 Å². The van der Waals surface area contributed by atoms with Crippen molar-refractivity contribution in [1.29, 1.82) is 0 Å². The number of carboxylic acid groups (broad SMARTS) is 1. The first-order valence-electron chi connectivity index (χ1n) is 3.18. The summed E-state index contributed by atoms with van der Waals surface area (Å²) in [5.41, 5.74) is 0. The Morgan fingerprint density at radius 3 is 2.60 bits per heavy atom. The number of hydrogen-bond acceptors (Lipinski definition) is 3. The van der Waals surface area contributed by atoms with Crippen LogP contribution in [0.15, 0.2) is 0 Å². The van der Waals surface area contributed by atoms with Gasteiger partial charge in [-0.25, -0.2) is 0 Å². The second-order valence-corrected chi connectivity index (χ2v) is 2.38. The number of carboxylic acids is 1. The fourth-order valence-electron chi connectivity index (χ4n) is 1.07. The van der Waals surface area contributed by atoms with Gasteiger partial charge in [0.1, 0.15) is 12.3 Å². The van der Waals surface area contributed by atoms with E-state index in [-0.39, 0.29) is 6.04 Å². The SMILES string of the molecule is O=CC1CC[C@@H](C(=O)O)N1. The van der Waals surface area contributed by atoms with Crippen LogP contribution in [0.3, 0.4) is 0 Å². The molecule has 0 bridgehead atoms. The Morgan fingerprint density at radius 1 is 1.60 bits per heavy atom. The van der Waals surface area contributed by atoms with E-state index in [0.29, 0.717) is 12.8 Å². The summed E-state index contributed by atoms with van der Waals surface area (Å²) in [7, 11) is 0. The lowest BCUT2D eigenvalue weighted by Crippen LogP contribution is -2.35. The average Bonchev–Trinajstić information content (AvgIpc) is 2.34. The Labute approximate surface area is 58.2 Å². The molecule has 0 aromatic heterocycles. The lowest BCUT2D eigenvalue weighted by atomic mass is 10.2. The molecule has 1 heterocycles. The van der Waals surface area contributed by atoms with Crippen molar-refractivity contribution in [3.8, 4) is 0 Å². The van der Waals surface area contributed by atoms with Gasteiger partial charge in [0.05, 0.1) is 6.04 Å². The minimum absolute atomic E-state index is 0.249. The summed E-state index contributed by atoms with van der Waals surface area (Å²) >= 11 is 0. The van der Waals surface area contributed by atoms with Crippen molar-refractivity contribution in [1.82, 2.24) is 5.32 Å². The van der Waals surface area contributed by atoms with Crippen LogP contribution in [-0.4, -0.2) is 29.4 Å². The van der Waals surface area contributed by atoms with Crippen LogP contribution in [0.25, 0.3) is 0 Å². The van der Waals surface area contributed by atoms with Crippen LogP contribution in [0.5, 0.6) is 0 Å². The molecule has 0 spiro atoms. The third kappa shape index (κ3) is 1.33. The molecule has 0 amide bonds. The molecule has 0 radical (unpaired) electrons. The zero-order valence-electron chi connectivity index (χ0n) is 5.41. The van der Waals surface area contributed by atoms with Crippen molar-refractivity contribution in [2.75, 3.05) is 0 Å². The first-order chi connectivity index (χ1) is 4.74. The minimum atomic E-state index is -0.871. The first-order valence-corrected chi connectivity index (χ1v) is 3.18. The number of aldehydes is 1. The fourth-order valence-corrected chi connectivity index (χ4v) is 1.07. The van der Waals surface area contributed by atoms with Crippen LogP contribution < -0.4 is 5.32 Å². The molecule has 0 aliphatic carbocycles. The Hall–Kier alpha value is -0.900. The smallest absolute Gasteiger partial charge is 0.320 e. The van der Waals surface area contributed by atoms with Crippen molar-refractivity contribution in [2.24, 2.45) is 0 Å². The van der Waals surface area contributed by atoms with Crippen molar-refractivity contribution < 1.29 is 14.7 Å². The van der Waals surface area contributed by atoms with Crippen LogP contribution in [0.4, 0.5) is 0 Å². The third-order valence-electron chi connectivity index (χ3n) is 1.64. The number of carbonyl (C=O) groups excluding carboxylic acids is 1. The number of nitrogens with one attached hydrogen (secondary N) is 1. The Morgan fingerprint density at radius 2 is 2.30 bits per heavy atom. The van der Waals surface area contributed by atoms with Gasteiger partial charge >= 0.3 is 5.97 Å². The fraction of sp³-hybridized carbons (Fsp3) is 0.667. The Bertz CT molecular complexity index is 157. The van der Waals surface area contributed by atoms with Gasteiger partial charge in [0, 0.05) is 0 Å². The molecule has 2 atom stereocenters. The van der Waals surface area contributed by atoms with E-state index < -0.39 is 12.0 Å². The van der Waals surface area contributed by atoms with E-state index in [0.717, 1.165) is 6.29 Å². The van der Waals surface area contributed by atoms with E-state index in [4.69, 9.17) is 5.11 Å². The standard InChI is InChI=1S/C6H9NO3/c8-3-4-1-2-5(7-4)6(9)10/h3-5,7H,1-2H2,(H,9,10)/t4?,5-/m0/s1. The van der Waals surface area contributed by atoms with E-state index in [1.54, 1.807) is 0 Å². The van der Waals surface area contributed by atoms with Gasteiger partial charge in [-0.2, -0.15) is 0 Å². The quantitative estimate of drug-likeness (QED) is 0.506. The molecule has 1 fully saturated rings. The summed E-state index contributed by atoms with van der Waals surface area (Å²) in [6.07, 6.45) is 1.95. The van der Waals surface area contributed by atoms with Gasteiger partial charge in [-0.1, -0.05) is 0 Å². The molecule has 56 valence electrons. The Kier molecular flexibility index (Phi) is 2.01. The monoisotopic (exact) mass is 143 g/mol. The van der Waals surface area contributed by atoms with Gasteiger partial charge in [-0.15, -0.1) is 0 Å². The normalized spacial score (nSPS) is 32.0. The highest BCUT2D eigenvalue weighted by molar-refractivity contribution is 5.75. The minimum Gasteiger partial charge on any atom is -0.480 e. The molecule has 1 unspecified atom stereocenters. The maximum Gasteiger partial charge on any atom is 0.320 e. The van der Waals surface area contributed by atoms with Crippen LogP contribution in [0, 0.1) is 0 Å². The van der Waals surface area contributed by atoms with Crippen LogP contribution >= 0.6 is 0 Å². The highest BCUT2D eigenvalue weighted by Gasteiger charge is 2.27. The third-order valence-corrected chi connectivity index (χ3v) is 1.64. The molecule has 0 saturated carbocycles. The second kappa shape index (κ2) is 2.79. The predicted molar refractivity (Wildman–Crippen MR) is 33.6 cm³/mol. The van der Waals surface area contributed by atoms with Gasteiger partial charge in [0.25, 0.3) is 0 Å². The molecule has 2 N–H and O–H groups in total. The molecular weight excluding hydrogens is 134 g/mol. The number of aliphatic carboxylic acids is 1. The zero-order valence-corrected chi connectivity index (χ0v) is 5.41. The van der Waals surface area contributed by atoms with Gasteiger partial charge in [0.15, 0.2) is 0 Å². The number of carbonyl (C=O) groups is 2. The lowest BCUT2D eigenvalue weighted by molar-refractivity contribution is -0.139. The van der Waals surface area contributed by atoms with E-state index >= 15 is 0 Å². The molecule has 0 aromatic rings. The van der Waals surface area contributed by atoms with Crippen LogP contribution in [0.1, 0.15) is 12.8 Å². The van der Waals surface area contributed by atoms with E-state index in [1.807, 2.05) is 0 Å². The van der Waals surface area contributed by atoms with Gasteiger partial charge in [0.2, 0.25) is 0 Å². The Balaban J connectivity index is 2.42. The van der Waals surface area contributed by atoms with Crippen molar-refractivity contribution in [2.45, 2.75) is 24.9 Å². The summed E-state index contributed by atoms with van der Waals surface area (Å²) < 4.78 is 0. The highest BCUT2D eigenvalue weighted by atomic mass is 16.4. The van der Waals surface area contributed by atoms with Crippen molar-refractivity contribution in [3.63, 3.8) is 0 Å². The van der Waals surface area contributed by atoms with Crippen molar-refractivity contribution in [3.05, 3.63) is 0 Å². The molecule has 0 aromatic carbocycles. The zero-order chi connectivity index (χ0) is 7.56. The summed E-state index contributed by atoms with van der Waals surface area (Å²) in [6, 6.07) is -0.767. The van der Waals surface area contributed by atoms with Crippen LogP contribution in [-0.2, 0) is 9.59 Å². The summed E-state index contributed by atoms with van der Waals surface area (Å²) in [6.45, 7) is 0. The summed E-state index contributed by atoms with van der Waals surface area (Å²) in [5.74, 6) is -0.871. The molecular formula is C6H9NO3. The van der Waals surface area contributed by atoms with Gasteiger partial charge < -0.3 is 9.90 Å². The lowest BCUT2D eigenvalue weighted by Gasteiger charge is -2.03. The first kappa shape index (κ1) is 7.21. The molecule has 1 aliphatic rings. The molecule has 4 heteroatoms. The maximum atomic E-state index is 10.3. The van der Waals surface area contributed by atoms with Gasteiger partial charge in [-0.05, 0) is 12.8 Å². The molecule has 10 heavy (non-hydrogen) atoms. The van der Waals surface area contributed by atoms with E-state index in [9.17, 15) is 9.59 Å². The largest absolute Gasteiger partial charge is 0.480 e. The maximum absolute atomic E-state index is 10.3.